The minimum Gasteiger partial charge on any atom is -0.497 e. The molecule has 0 saturated carbocycles. The van der Waals surface area contributed by atoms with Crippen LogP contribution >= 0.6 is 11.8 Å². The molecule has 11 nitrogen and oxygen atoms in total. The van der Waals surface area contributed by atoms with E-state index in [1.165, 1.54) is 30.9 Å². The number of aromatic nitrogens is 4. The standard InChI is InChI=1S/C21H18N6O5S/c1-31-16-9-14(10-17(11-16)32-2)22-20(28)12-33-21-24-23-19-7-6-18(25-26(19)21)13-4-3-5-15(8-13)27(29)30/h3-11H,12H2,1-2H3,(H,22,28). The Morgan fingerprint density at radius 3 is 2.55 bits per heavy atom. The first kappa shape index (κ1) is 22.0. The minimum atomic E-state index is -0.460. The van der Waals surface area contributed by atoms with Crippen LogP contribution in [-0.4, -0.2) is 50.6 Å². The number of nitrogens with one attached hydrogen (secondary N) is 1. The first-order valence-electron chi connectivity index (χ1n) is 9.60. The largest absolute Gasteiger partial charge is 0.497 e. The van der Waals surface area contributed by atoms with E-state index in [1.54, 1.807) is 42.5 Å². The van der Waals surface area contributed by atoms with Crippen LogP contribution in [0.2, 0.25) is 0 Å². The predicted molar refractivity (Wildman–Crippen MR) is 122 cm³/mol. The van der Waals surface area contributed by atoms with Gasteiger partial charge in [0, 0.05) is 41.6 Å². The highest BCUT2D eigenvalue weighted by atomic mass is 32.2. The van der Waals surface area contributed by atoms with Crippen LogP contribution in [0.5, 0.6) is 11.5 Å². The van der Waals surface area contributed by atoms with Crippen LogP contribution in [0.15, 0.2) is 59.8 Å². The van der Waals surface area contributed by atoms with Crippen molar-refractivity contribution in [2.24, 2.45) is 0 Å². The fourth-order valence-corrected chi connectivity index (χ4v) is 3.69. The molecule has 33 heavy (non-hydrogen) atoms. The third kappa shape index (κ3) is 5.01. The summed E-state index contributed by atoms with van der Waals surface area (Å²) in [5.41, 5.74) is 2.10. The number of fused-ring (bicyclic) bond motifs is 1. The number of hydrogen-bond acceptors (Lipinski definition) is 9. The summed E-state index contributed by atoms with van der Waals surface area (Å²) in [6, 6.07) is 14.7. The van der Waals surface area contributed by atoms with Crippen molar-refractivity contribution in [1.82, 2.24) is 19.8 Å². The van der Waals surface area contributed by atoms with Gasteiger partial charge in [-0.25, -0.2) is 0 Å². The molecule has 0 aliphatic carbocycles. The zero-order valence-corrected chi connectivity index (χ0v) is 18.4. The molecule has 0 fully saturated rings. The number of carbonyl (C=O) groups excluding carboxylic acids is 1. The number of nitrogens with zero attached hydrogens (tertiary/aromatic N) is 5. The Morgan fingerprint density at radius 2 is 1.85 bits per heavy atom. The van der Waals surface area contributed by atoms with Gasteiger partial charge in [-0.2, -0.15) is 9.61 Å². The van der Waals surface area contributed by atoms with Gasteiger partial charge in [-0.1, -0.05) is 23.9 Å². The summed E-state index contributed by atoms with van der Waals surface area (Å²) in [6.07, 6.45) is 0. The van der Waals surface area contributed by atoms with Crippen LogP contribution in [0.25, 0.3) is 16.9 Å². The van der Waals surface area contributed by atoms with Crippen molar-refractivity contribution in [3.8, 4) is 22.8 Å². The lowest BCUT2D eigenvalue weighted by molar-refractivity contribution is -0.384. The van der Waals surface area contributed by atoms with Crippen LogP contribution in [0.1, 0.15) is 0 Å². The summed E-state index contributed by atoms with van der Waals surface area (Å²) in [6.45, 7) is 0. The second-order valence-corrected chi connectivity index (χ2v) is 7.66. The smallest absolute Gasteiger partial charge is 0.270 e. The monoisotopic (exact) mass is 466 g/mol. The molecule has 0 atom stereocenters. The number of ether oxygens (including phenoxy) is 2. The average molecular weight is 466 g/mol. The molecule has 0 saturated heterocycles. The lowest BCUT2D eigenvalue weighted by Crippen LogP contribution is -2.14. The quantitative estimate of drug-likeness (QED) is 0.235. The van der Waals surface area contributed by atoms with Gasteiger partial charge >= 0.3 is 0 Å². The van der Waals surface area contributed by atoms with Gasteiger partial charge in [0.25, 0.3) is 5.69 Å². The second-order valence-electron chi connectivity index (χ2n) is 6.72. The van der Waals surface area contributed by atoms with E-state index >= 15 is 0 Å². The molecule has 2 aromatic heterocycles. The number of thioether (sulfide) groups is 1. The predicted octanol–water partition coefficient (Wildman–Crippen LogP) is 3.45. The summed E-state index contributed by atoms with van der Waals surface area (Å²) in [7, 11) is 3.06. The molecule has 0 radical (unpaired) electrons. The number of non-ortho nitro benzene ring substituents is 1. The number of rotatable bonds is 8. The molecule has 4 aromatic rings. The van der Waals surface area contributed by atoms with Gasteiger partial charge in [0.05, 0.1) is 30.6 Å². The molecule has 168 valence electrons. The van der Waals surface area contributed by atoms with Crippen LogP contribution in [0.3, 0.4) is 0 Å². The third-order valence-corrected chi connectivity index (χ3v) is 5.47. The van der Waals surface area contributed by atoms with Gasteiger partial charge in [0.2, 0.25) is 11.1 Å². The summed E-state index contributed by atoms with van der Waals surface area (Å²) < 4.78 is 11.9. The van der Waals surface area contributed by atoms with E-state index in [-0.39, 0.29) is 17.3 Å². The van der Waals surface area contributed by atoms with Crippen molar-refractivity contribution in [3.05, 3.63) is 64.7 Å². The van der Waals surface area contributed by atoms with E-state index in [0.717, 1.165) is 11.8 Å². The van der Waals surface area contributed by atoms with Crippen LogP contribution in [0.4, 0.5) is 11.4 Å². The van der Waals surface area contributed by atoms with Crippen LogP contribution < -0.4 is 14.8 Å². The van der Waals surface area contributed by atoms with Crippen molar-refractivity contribution in [3.63, 3.8) is 0 Å². The topological polar surface area (TPSA) is 134 Å². The SMILES string of the molecule is COc1cc(NC(=O)CSc2nnc3ccc(-c4cccc([N+](=O)[O-])c4)nn23)cc(OC)c1. The minimum absolute atomic E-state index is 0.0291. The maximum absolute atomic E-state index is 12.5. The molecular formula is C21H18N6O5S. The number of carbonyl (C=O) groups is 1. The Kier molecular flexibility index (Phi) is 6.36. The molecule has 4 rings (SSSR count). The fraction of sp³-hybridized carbons (Fsp3) is 0.143. The van der Waals surface area contributed by atoms with E-state index in [2.05, 4.69) is 20.6 Å². The number of nitro groups is 1. The van der Waals surface area contributed by atoms with E-state index in [4.69, 9.17) is 9.47 Å². The van der Waals surface area contributed by atoms with Crippen molar-refractivity contribution in [1.29, 1.82) is 0 Å². The Hall–Kier alpha value is -4.19. The number of methoxy groups -OCH3 is 2. The maximum atomic E-state index is 12.5. The molecule has 0 unspecified atom stereocenters. The molecule has 2 heterocycles. The van der Waals surface area contributed by atoms with Crippen molar-refractivity contribution in [2.75, 3.05) is 25.3 Å². The van der Waals surface area contributed by atoms with E-state index in [1.807, 2.05) is 0 Å². The fourth-order valence-electron chi connectivity index (χ4n) is 3.00. The summed E-state index contributed by atoms with van der Waals surface area (Å²) >= 11 is 1.16. The lowest BCUT2D eigenvalue weighted by atomic mass is 10.1. The molecule has 0 aliphatic rings. The van der Waals surface area contributed by atoms with Crippen LogP contribution in [-0.2, 0) is 4.79 Å². The highest BCUT2D eigenvalue weighted by molar-refractivity contribution is 7.99. The van der Waals surface area contributed by atoms with Crippen LogP contribution in [0, 0.1) is 10.1 Å². The molecule has 2 aromatic carbocycles. The van der Waals surface area contributed by atoms with Gasteiger partial charge in [-0.15, -0.1) is 10.2 Å². The summed E-state index contributed by atoms with van der Waals surface area (Å²) in [4.78, 5) is 23.1. The van der Waals surface area contributed by atoms with Gasteiger partial charge in [0.1, 0.15) is 11.5 Å². The normalized spacial score (nSPS) is 10.7. The molecule has 12 heteroatoms. The second kappa shape index (κ2) is 9.53. The van der Waals surface area contributed by atoms with Gasteiger partial charge in [-0.3, -0.25) is 14.9 Å². The highest BCUT2D eigenvalue weighted by Gasteiger charge is 2.14. The van der Waals surface area contributed by atoms with Crippen molar-refractivity contribution >= 4 is 34.7 Å². The Morgan fingerprint density at radius 1 is 1.09 bits per heavy atom. The summed E-state index contributed by atoms with van der Waals surface area (Å²) in [5.74, 6) is 0.905. The first-order valence-corrected chi connectivity index (χ1v) is 10.6. The number of nitro benzene ring substituents is 1. The zero-order valence-electron chi connectivity index (χ0n) is 17.6. The third-order valence-electron chi connectivity index (χ3n) is 4.55. The molecule has 1 amide bonds. The number of hydrogen-bond donors (Lipinski definition) is 1. The maximum Gasteiger partial charge on any atom is 0.270 e. The van der Waals surface area contributed by atoms with Gasteiger partial charge in [0.15, 0.2) is 5.65 Å². The Balaban J connectivity index is 1.50. The number of amides is 1. The Bertz CT molecular complexity index is 1320. The average Bonchev–Trinajstić information content (AvgIpc) is 3.24. The lowest BCUT2D eigenvalue weighted by Gasteiger charge is -2.09. The van der Waals surface area contributed by atoms with Gasteiger partial charge in [-0.05, 0) is 12.1 Å². The van der Waals surface area contributed by atoms with E-state index < -0.39 is 4.92 Å². The molecule has 1 N–H and O–H groups in total. The van der Waals surface area contributed by atoms with Gasteiger partial charge < -0.3 is 14.8 Å². The zero-order chi connectivity index (χ0) is 23.4. The Labute approximate surface area is 191 Å². The van der Waals surface area contributed by atoms with Crippen molar-refractivity contribution < 1.29 is 19.2 Å². The number of benzene rings is 2. The molecule has 0 bridgehead atoms. The van der Waals surface area contributed by atoms with Crippen molar-refractivity contribution in [2.45, 2.75) is 5.16 Å². The molecular weight excluding hydrogens is 448 g/mol. The summed E-state index contributed by atoms with van der Waals surface area (Å²) in [5, 5.41) is 26.9. The molecule has 0 spiro atoms. The van der Waals surface area contributed by atoms with E-state index in [9.17, 15) is 14.9 Å². The number of anilines is 1. The highest BCUT2D eigenvalue weighted by Crippen LogP contribution is 2.27. The van der Waals surface area contributed by atoms with E-state index in [0.29, 0.717) is 39.2 Å². The first-order chi connectivity index (χ1) is 16.0. The molecule has 0 aliphatic heterocycles.